The summed E-state index contributed by atoms with van der Waals surface area (Å²) in [5.74, 6) is 0.926. The van der Waals surface area contributed by atoms with Crippen molar-refractivity contribution in [2.45, 2.75) is 39.3 Å². The maximum Gasteiger partial charge on any atom is 0.119 e. The minimum atomic E-state index is 0.140. The van der Waals surface area contributed by atoms with Crippen LogP contribution in [0.2, 0.25) is 0 Å². The Morgan fingerprint density at radius 3 is 2.81 bits per heavy atom. The molecule has 0 saturated heterocycles. The predicted molar refractivity (Wildman–Crippen MR) is 85.6 cm³/mol. The van der Waals surface area contributed by atoms with Gasteiger partial charge in [-0.15, -0.1) is 0 Å². The maximum absolute atomic E-state index is 5.72. The standard InChI is InChI=1S/C17H25N3O/c1-4-9-20-13-15(12-19-20)17(18-3)14-7-6-8-16(11-14)21-10-5-2/h6-8,11-13,17-18H,4-5,9-10H2,1-3H3. The minimum absolute atomic E-state index is 0.140. The lowest BCUT2D eigenvalue weighted by Gasteiger charge is -2.16. The molecule has 1 aromatic heterocycles. The van der Waals surface area contributed by atoms with Gasteiger partial charge in [-0.1, -0.05) is 26.0 Å². The van der Waals surface area contributed by atoms with Crippen molar-refractivity contribution in [3.8, 4) is 5.75 Å². The van der Waals surface area contributed by atoms with Gasteiger partial charge in [0.05, 0.1) is 18.8 Å². The summed E-state index contributed by atoms with van der Waals surface area (Å²) in [4.78, 5) is 0. The first-order valence-electron chi connectivity index (χ1n) is 7.70. The van der Waals surface area contributed by atoms with E-state index in [-0.39, 0.29) is 6.04 Å². The minimum Gasteiger partial charge on any atom is -0.494 e. The van der Waals surface area contributed by atoms with Crippen LogP contribution in [-0.2, 0) is 6.54 Å². The van der Waals surface area contributed by atoms with Crippen LogP contribution in [0.4, 0.5) is 0 Å². The largest absolute Gasteiger partial charge is 0.494 e. The van der Waals surface area contributed by atoms with Crippen molar-refractivity contribution >= 4 is 0 Å². The highest BCUT2D eigenvalue weighted by atomic mass is 16.5. The van der Waals surface area contributed by atoms with Crippen molar-refractivity contribution in [3.63, 3.8) is 0 Å². The van der Waals surface area contributed by atoms with Gasteiger partial charge in [-0.25, -0.2) is 0 Å². The molecular weight excluding hydrogens is 262 g/mol. The van der Waals surface area contributed by atoms with Crippen molar-refractivity contribution in [2.24, 2.45) is 0 Å². The Bertz CT molecular complexity index is 550. The predicted octanol–water partition coefficient (Wildman–Crippen LogP) is 3.39. The van der Waals surface area contributed by atoms with E-state index in [4.69, 9.17) is 4.74 Å². The van der Waals surface area contributed by atoms with Crippen LogP contribution in [0.25, 0.3) is 0 Å². The van der Waals surface area contributed by atoms with Crippen molar-refractivity contribution in [3.05, 3.63) is 47.8 Å². The van der Waals surface area contributed by atoms with E-state index in [0.717, 1.165) is 31.7 Å². The molecule has 4 nitrogen and oxygen atoms in total. The number of hydrogen-bond acceptors (Lipinski definition) is 3. The van der Waals surface area contributed by atoms with Crippen LogP contribution in [0.15, 0.2) is 36.7 Å². The summed E-state index contributed by atoms with van der Waals surface area (Å²) >= 11 is 0. The molecule has 0 amide bonds. The van der Waals surface area contributed by atoms with Crippen molar-refractivity contribution in [1.82, 2.24) is 15.1 Å². The fourth-order valence-corrected chi connectivity index (χ4v) is 2.41. The smallest absolute Gasteiger partial charge is 0.119 e. The molecule has 21 heavy (non-hydrogen) atoms. The number of nitrogens with zero attached hydrogens (tertiary/aromatic N) is 2. The quantitative estimate of drug-likeness (QED) is 0.809. The Labute approximate surface area is 127 Å². The third-order valence-electron chi connectivity index (χ3n) is 3.39. The molecular formula is C17H25N3O. The molecule has 114 valence electrons. The van der Waals surface area contributed by atoms with Crippen molar-refractivity contribution < 1.29 is 4.74 Å². The molecule has 1 heterocycles. The molecule has 1 unspecified atom stereocenters. The Morgan fingerprint density at radius 2 is 2.10 bits per heavy atom. The highest BCUT2D eigenvalue weighted by molar-refractivity contribution is 5.35. The summed E-state index contributed by atoms with van der Waals surface area (Å²) in [6.45, 7) is 5.98. The molecule has 0 fully saturated rings. The van der Waals surface area contributed by atoms with Gasteiger partial charge in [0.1, 0.15) is 5.75 Å². The lowest BCUT2D eigenvalue weighted by atomic mass is 10.0. The molecule has 0 aliphatic rings. The summed E-state index contributed by atoms with van der Waals surface area (Å²) in [5, 5.41) is 7.78. The van der Waals surface area contributed by atoms with Gasteiger partial charge in [-0.05, 0) is 37.6 Å². The van der Waals surface area contributed by atoms with E-state index in [9.17, 15) is 0 Å². The first-order valence-corrected chi connectivity index (χ1v) is 7.70. The van der Waals surface area contributed by atoms with E-state index < -0.39 is 0 Å². The van der Waals surface area contributed by atoms with E-state index in [1.165, 1.54) is 11.1 Å². The fraction of sp³-hybridized carbons (Fsp3) is 0.471. The summed E-state index contributed by atoms with van der Waals surface area (Å²) in [7, 11) is 1.97. The average molecular weight is 287 g/mol. The molecule has 0 aliphatic carbocycles. The number of nitrogens with one attached hydrogen (secondary N) is 1. The second-order valence-corrected chi connectivity index (χ2v) is 5.18. The van der Waals surface area contributed by atoms with Crippen molar-refractivity contribution in [1.29, 1.82) is 0 Å². The molecule has 0 radical (unpaired) electrons. The van der Waals surface area contributed by atoms with Crippen LogP contribution < -0.4 is 10.1 Å². The Hall–Kier alpha value is -1.81. The third-order valence-corrected chi connectivity index (χ3v) is 3.39. The fourth-order valence-electron chi connectivity index (χ4n) is 2.41. The summed E-state index contributed by atoms with van der Waals surface area (Å²) in [6.07, 6.45) is 6.16. The Morgan fingerprint density at radius 1 is 1.24 bits per heavy atom. The van der Waals surface area contributed by atoms with Gasteiger partial charge in [0.15, 0.2) is 0 Å². The molecule has 0 bridgehead atoms. The van der Waals surface area contributed by atoms with Gasteiger partial charge < -0.3 is 10.1 Å². The second-order valence-electron chi connectivity index (χ2n) is 5.18. The molecule has 0 spiro atoms. The second kappa shape index (κ2) is 7.84. The van der Waals surface area contributed by atoms with Gasteiger partial charge in [-0.2, -0.15) is 5.10 Å². The number of benzene rings is 1. The lowest BCUT2D eigenvalue weighted by molar-refractivity contribution is 0.317. The van der Waals surface area contributed by atoms with Gasteiger partial charge in [0.2, 0.25) is 0 Å². The normalized spacial score (nSPS) is 12.3. The molecule has 1 N–H and O–H groups in total. The molecule has 1 atom stereocenters. The number of aryl methyl sites for hydroxylation is 1. The summed E-state index contributed by atoms with van der Waals surface area (Å²) in [6, 6.07) is 8.42. The number of aromatic nitrogens is 2. The van der Waals surface area contributed by atoms with Gasteiger partial charge in [0.25, 0.3) is 0 Å². The van der Waals surface area contributed by atoms with E-state index in [1.807, 2.05) is 30.1 Å². The Kier molecular flexibility index (Phi) is 5.81. The number of rotatable bonds is 8. The third kappa shape index (κ3) is 4.08. The molecule has 0 aliphatic heterocycles. The topological polar surface area (TPSA) is 39.1 Å². The zero-order valence-corrected chi connectivity index (χ0v) is 13.2. The molecule has 2 rings (SSSR count). The van der Waals surface area contributed by atoms with Crippen LogP contribution in [0, 0.1) is 0 Å². The van der Waals surface area contributed by atoms with E-state index in [2.05, 4.69) is 42.6 Å². The first kappa shape index (κ1) is 15.6. The molecule has 4 heteroatoms. The van der Waals surface area contributed by atoms with E-state index in [1.54, 1.807) is 0 Å². The van der Waals surface area contributed by atoms with Crippen LogP contribution in [0.3, 0.4) is 0 Å². The van der Waals surface area contributed by atoms with Crippen LogP contribution in [0.1, 0.15) is 43.9 Å². The molecule has 0 saturated carbocycles. The van der Waals surface area contributed by atoms with Crippen molar-refractivity contribution in [2.75, 3.05) is 13.7 Å². The number of ether oxygens (including phenoxy) is 1. The SMILES string of the molecule is CCCOc1cccc(C(NC)c2cnn(CCC)c2)c1. The summed E-state index contributed by atoms with van der Waals surface area (Å²) in [5.41, 5.74) is 2.38. The van der Waals surface area contributed by atoms with Gasteiger partial charge >= 0.3 is 0 Å². The highest BCUT2D eigenvalue weighted by Gasteiger charge is 2.14. The van der Waals surface area contributed by atoms with Gasteiger partial charge in [-0.3, -0.25) is 4.68 Å². The Balaban J connectivity index is 2.19. The zero-order valence-electron chi connectivity index (χ0n) is 13.2. The lowest BCUT2D eigenvalue weighted by Crippen LogP contribution is -2.17. The van der Waals surface area contributed by atoms with E-state index >= 15 is 0 Å². The highest BCUT2D eigenvalue weighted by Crippen LogP contribution is 2.24. The van der Waals surface area contributed by atoms with Crippen LogP contribution in [0.5, 0.6) is 5.75 Å². The monoisotopic (exact) mass is 287 g/mol. The maximum atomic E-state index is 5.72. The molecule has 2 aromatic rings. The van der Waals surface area contributed by atoms with Crippen LogP contribution >= 0.6 is 0 Å². The van der Waals surface area contributed by atoms with E-state index in [0.29, 0.717) is 0 Å². The molecule has 1 aromatic carbocycles. The first-order chi connectivity index (χ1) is 10.3. The van der Waals surface area contributed by atoms with Gasteiger partial charge in [0, 0.05) is 18.3 Å². The average Bonchev–Trinajstić information content (AvgIpc) is 2.95. The zero-order chi connectivity index (χ0) is 15.1. The number of hydrogen-bond donors (Lipinski definition) is 1. The summed E-state index contributed by atoms with van der Waals surface area (Å²) < 4.78 is 7.72. The van der Waals surface area contributed by atoms with Crippen LogP contribution in [-0.4, -0.2) is 23.4 Å².